The summed E-state index contributed by atoms with van der Waals surface area (Å²) < 4.78 is 31.6. The summed E-state index contributed by atoms with van der Waals surface area (Å²) in [5.41, 5.74) is 0.899. The van der Waals surface area contributed by atoms with Gasteiger partial charge in [0.1, 0.15) is 6.61 Å². The molecule has 25 heavy (non-hydrogen) atoms. The number of nitrogens with one attached hydrogen (secondary N) is 1. The summed E-state index contributed by atoms with van der Waals surface area (Å²) in [6.07, 6.45) is 4.90. The van der Waals surface area contributed by atoms with Crippen molar-refractivity contribution in [3.63, 3.8) is 0 Å². The molecule has 1 amide bonds. The number of ether oxygens (including phenoxy) is 1. The maximum atomic E-state index is 12.2. The van der Waals surface area contributed by atoms with Gasteiger partial charge in [-0.05, 0) is 31.4 Å². The molecule has 2 heterocycles. The van der Waals surface area contributed by atoms with Gasteiger partial charge in [-0.25, -0.2) is 13.1 Å². The fourth-order valence-corrected chi connectivity index (χ4v) is 4.62. The number of aromatic nitrogens is 1. The van der Waals surface area contributed by atoms with Crippen LogP contribution in [0, 0.1) is 0 Å². The second-order valence-electron chi connectivity index (χ2n) is 6.61. The predicted molar refractivity (Wildman–Crippen MR) is 93.9 cm³/mol. The molecule has 3 atom stereocenters. The monoisotopic (exact) mass is 387 g/mol. The molecule has 9 heteroatoms. The van der Waals surface area contributed by atoms with Gasteiger partial charge >= 0.3 is 0 Å². The van der Waals surface area contributed by atoms with Crippen LogP contribution in [-0.2, 0) is 19.6 Å². The highest BCUT2D eigenvalue weighted by Crippen LogP contribution is 2.35. The molecule has 0 radical (unpaired) electrons. The van der Waals surface area contributed by atoms with Crippen molar-refractivity contribution in [1.82, 2.24) is 14.6 Å². The van der Waals surface area contributed by atoms with E-state index in [9.17, 15) is 13.2 Å². The van der Waals surface area contributed by atoms with E-state index in [1.807, 2.05) is 6.07 Å². The summed E-state index contributed by atoms with van der Waals surface area (Å²) in [7, 11) is -3.39. The standard InChI is InChI=1S/C16H22ClN3O4S/c1-25(22,23)19-14-8-11(13-4-3-12(17)9-18-13)2-5-15(14)20-6-7-24-10-16(20)21/h3-4,9,11,14-15,19H,2,5-8,10H2,1H3. The number of nitrogens with zero attached hydrogens (tertiary/aromatic N) is 2. The highest BCUT2D eigenvalue weighted by Gasteiger charge is 2.39. The van der Waals surface area contributed by atoms with Gasteiger partial charge in [0.15, 0.2) is 0 Å². The van der Waals surface area contributed by atoms with Crippen LogP contribution in [0.25, 0.3) is 0 Å². The Bertz CT molecular complexity index is 725. The zero-order chi connectivity index (χ0) is 18.0. The van der Waals surface area contributed by atoms with Gasteiger partial charge in [-0.3, -0.25) is 9.78 Å². The molecular weight excluding hydrogens is 366 g/mol. The van der Waals surface area contributed by atoms with Gasteiger partial charge in [-0.2, -0.15) is 0 Å². The van der Waals surface area contributed by atoms with Gasteiger partial charge in [0, 0.05) is 36.4 Å². The third kappa shape index (κ3) is 4.69. The van der Waals surface area contributed by atoms with Crippen LogP contribution in [0.1, 0.15) is 30.9 Å². The topological polar surface area (TPSA) is 88.6 Å². The molecular formula is C16H22ClN3O4S. The van der Waals surface area contributed by atoms with E-state index in [1.54, 1.807) is 17.2 Å². The Morgan fingerprint density at radius 2 is 2.16 bits per heavy atom. The van der Waals surface area contributed by atoms with Crippen LogP contribution in [0.4, 0.5) is 0 Å². The molecule has 138 valence electrons. The lowest BCUT2D eigenvalue weighted by atomic mass is 9.80. The van der Waals surface area contributed by atoms with E-state index in [4.69, 9.17) is 16.3 Å². The Morgan fingerprint density at radius 3 is 2.80 bits per heavy atom. The summed E-state index contributed by atoms with van der Waals surface area (Å²) >= 11 is 5.90. The largest absolute Gasteiger partial charge is 0.370 e. The molecule has 1 aromatic heterocycles. The summed E-state index contributed by atoms with van der Waals surface area (Å²) in [5, 5.41) is 0.571. The Kier molecular flexibility index (Phi) is 5.62. The molecule has 1 saturated carbocycles. The van der Waals surface area contributed by atoms with E-state index in [0.717, 1.165) is 18.4 Å². The van der Waals surface area contributed by atoms with Gasteiger partial charge in [-0.15, -0.1) is 0 Å². The molecule has 1 aliphatic carbocycles. The van der Waals surface area contributed by atoms with E-state index < -0.39 is 10.0 Å². The van der Waals surface area contributed by atoms with Crippen LogP contribution in [0.15, 0.2) is 18.3 Å². The van der Waals surface area contributed by atoms with Crippen molar-refractivity contribution >= 4 is 27.5 Å². The van der Waals surface area contributed by atoms with E-state index in [1.165, 1.54) is 0 Å². The fraction of sp³-hybridized carbons (Fsp3) is 0.625. The minimum Gasteiger partial charge on any atom is -0.370 e. The van der Waals surface area contributed by atoms with Gasteiger partial charge in [0.05, 0.1) is 17.9 Å². The number of carbonyl (C=O) groups excluding carboxylic acids is 1. The van der Waals surface area contributed by atoms with Crippen molar-refractivity contribution in [2.24, 2.45) is 0 Å². The second-order valence-corrected chi connectivity index (χ2v) is 8.83. The summed E-state index contributed by atoms with van der Waals surface area (Å²) in [4.78, 5) is 18.3. The van der Waals surface area contributed by atoms with Gasteiger partial charge in [0.25, 0.3) is 0 Å². The van der Waals surface area contributed by atoms with Crippen LogP contribution in [0.5, 0.6) is 0 Å². The molecule has 0 aromatic carbocycles. The molecule has 0 bridgehead atoms. The van der Waals surface area contributed by atoms with Gasteiger partial charge in [0.2, 0.25) is 15.9 Å². The highest BCUT2D eigenvalue weighted by atomic mass is 35.5. The number of amides is 1. The van der Waals surface area contributed by atoms with Gasteiger partial charge in [-0.1, -0.05) is 11.6 Å². The molecule has 1 saturated heterocycles. The average molecular weight is 388 g/mol. The summed E-state index contributed by atoms with van der Waals surface area (Å²) in [6.45, 7) is 1.04. The molecule has 1 aliphatic heterocycles. The van der Waals surface area contributed by atoms with Gasteiger partial charge < -0.3 is 9.64 Å². The first-order valence-electron chi connectivity index (χ1n) is 8.29. The minimum atomic E-state index is -3.39. The zero-order valence-electron chi connectivity index (χ0n) is 14.0. The number of hydrogen-bond donors (Lipinski definition) is 1. The second kappa shape index (κ2) is 7.57. The van der Waals surface area contributed by atoms with Crippen molar-refractivity contribution in [2.75, 3.05) is 26.0 Å². The van der Waals surface area contributed by atoms with Crippen LogP contribution >= 0.6 is 11.6 Å². The van der Waals surface area contributed by atoms with Crippen LogP contribution in [0.2, 0.25) is 5.02 Å². The number of pyridine rings is 1. The van der Waals surface area contributed by atoms with Crippen molar-refractivity contribution in [3.05, 3.63) is 29.0 Å². The average Bonchev–Trinajstić information content (AvgIpc) is 2.55. The highest BCUT2D eigenvalue weighted by molar-refractivity contribution is 7.88. The summed E-state index contributed by atoms with van der Waals surface area (Å²) in [6, 6.07) is 3.17. The Morgan fingerprint density at radius 1 is 1.36 bits per heavy atom. The molecule has 1 N–H and O–H groups in total. The predicted octanol–water partition coefficient (Wildman–Crippen LogP) is 1.15. The molecule has 3 unspecified atom stereocenters. The number of sulfonamides is 1. The molecule has 2 fully saturated rings. The molecule has 0 spiro atoms. The first kappa shape index (κ1) is 18.6. The molecule has 3 rings (SSSR count). The number of rotatable bonds is 4. The summed E-state index contributed by atoms with van der Waals surface area (Å²) in [5.74, 6) is 0.0449. The van der Waals surface area contributed by atoms with Crippen LogP contribution in [0.3, 0.4) is 0 Å². The van der Waals surface area contributed by atoms with E-state index in [0.29, 0.717) is 31.0 Å². The number of carbonyl (C=O) groups is 1. The first-order chi connectivity index (χ1) is 11.8. The molecule has 7 nitrogen and oxygen atoms in total. The molecule has 1 aromatic rings. The van der Waals surface area contributed by atoms with E-state index >= 15 is 0 Å². The van der Waals surface area contributed by atoms with E-state index in [2.05, 4.69) is 9.71 Å². The Hall–Kier alpha value is -1.22. The fourth-order valence-electron chi connectivity index (χ4n) is 3.71. The third-order valence-corrected chi connectivity index (χ3v) is 5.73. The number of halogens is 1. The van der Waals surface area contributed by atoms with Crippen molar-refractivity contribution < 1.29 is 17.9 Å². The van der Waals surface area contributed by atoms with Crippen molar-refractivity contribution in [3.8, 4) is 0 Å². The SMILES string of the molecule is CS(=O)(=O)NC1CC(c2ccc(Cl)cn2)CCC1N1CCOCC1=O. The van der Waals surface area contributed by atoms with Crippen molar-refractivity contribution in [2.45, 2.75) is 37.3 Å². The molecule has 2 aliphatic rings. The first-order valence-corrected chi connectivity index (χ1v) is 10.6. The smallest absolute Gasteiger partial charge is 0.248 e. The third-order valence-electron chi connectivity index (χ3n) is 4.77. The maximum absolute atomic E-state index is 12.2. The number of morpholine rings is 1. The maximum Gasteiger partial charge on any atom is 0.248 e. The van der Waals surface area contributed by atoms with Crippen LogP contribution in [-0.4, -0.2) is 62.3 Å². The minimum absolute atomic E-state index is 0.0598. The lowest BCUT2D eigenvalue weighted by Crippen LogP contribution is -2.58. The Labute approximate surface area is 152 Å². The lowest BCUT2D eigenvalue weighted by Gasteiger charge is -2.43. The van der Waals surface area contributed by atoms with Crippen molar-refractivity contribution in [1.29, 1.82) is 0 Å². The van der Waals surface area contributed by atoms with Crippen LogP contribution < -0.4 is 4.72 Å². The quantitative estimate of drug-likeness (QED) is 0.837. The normalized spacial score (nSPS) is 28.2. The Balaban J connectivity index is 1.80. The number of hydrogen-bond acceptors (Lipinski definition) is 5. The van der Waals surface area contributed by atoms with E-state index in [-0.39, 0.29) is 30.5 Å². The zero-order valence-corrected chi connectivity index (χ0v) is 15.6. The lowest BCUT2D eigenvalue weighted by molar-refractivity contribution is -0.147.